The molecule has 2 heterocycles. The highest BCUT2D eigenvalue weighted by Gasteiger charge is 2.43. The summed E-state index contributed by atoms with van der Waals surface area (Å²) >= 11 is 0. The highest BCUT2D eigenvalue weighted by Crippen LogP contribution is 2.39. The van der Waals surface area contributed by atoms with Crippen molar-refractivity contribution in [3.05, 3.63) is 71.4 Å². The first-order valence-corrected chi connectivity index (χ1v) is 7.48. The molecule has 1 aliphatic heterocycles. The molecule has 3 rings (SSSR count). The number of aliphatic hydroxyl groups excluding tert-OH is 1. The molecule has 0 fully saturated rings. The van der Waals surface area contributed by atoms with Gasteiger partial charge in [-0.2, -0.15) is 0 Å². The van der Waals surface area contributed by atoms with Gasteiger partial charge in [0.25, 0.3) is 5.91 Å². The molecule has 5 nitrogen and oxygen atoms in total. The van der Waals surface area contributed by atoms with E-state index in [2.05, 4.69) is 0 Å². The number of amides is 1. The van der Waals surface area contributed by atoms with Crippen LogP contribution in [0.25, 0.3) is 0 Å². The second kappa shape index (κ2) is 6.12. The average Bonchev–Trinajstić information content (AvgIpc) is 3.17. The van der Waals surface area contributed by atoms with Crippen LogP contribution in [0, 0.1) is 0 Å². The van der Waals surface area contributed by atoms with E-state index in [4.69, 9.17) is 4.42 Å². The van der Waals surface area contributed by atoms with Gasteiger partial charge in [0.1, 0.15) is 5.76 Å². The number of Topliss-reactive ketones (excluding diaryl/α,β-unsaturated/α-hetero) is 1. The van der Waals surface area contributed by atoms with Crippen LogP contribution in [0.3, 0.4) is 0 Å². The summed E-state index contributed by atoms with van der Waals surface area (Å²) < 4.78 is 5.31. The third kappa shape index (κ3) is 2.65. The number of carbonyl (C=O) groups is 2. The van der Waals surface area contributed by atoms with Gasteiger partial charge in [0, 0.05) is 6.42 Å². The van der Waals surface area contributed by atoms with Crippen molar-refractivity contribution in [3.63, 3.8) is 0 Å². The normalized spacial score (nSPS) is 17.9. The largest absolute Gasteiger partial charge is 0.503 e. The fraction of sp³-hybridized carbons (Fsp3) is 0.222. The van der Waals surface area contributed by atoms with E-state index in [1.807, 2.05) is 30.3 Å². The molecule has 0 radical (unpaired) electrons. The van der Waals surface area contributed by atoms with Crippen molar-refractivity contribution in [1.29, 1.82) is 0 Å². The van der Waals surface area contributed by atoms with Crippen LogP contribution in [0.2, 0.25) is 0 Å². The van der Waals surface area contributed by atoms with Crippen molar-refractivity contribution in [2.75, 3.05) is 0 Å². The Kier molecular flexibility index (Phi) is 4.02. The minimum Gasteiger partial charge on any atom is -0.503 e. The number of hydrogen-bond donors (Lipinski definition) is 1. The molecule has 1 amide bonds. The van der Waals surface area contributed by atoms with Crippen LogP contribution in [0.15, 0.2) is 64.5 Å². The zero-order valence-electron chi connectivity index (χ0n) is 12.7. The van der Waals surface area contributed by atoms with E-state index < -0.39 is 17.7 Å². The Morgan fingerprint density at radius 2 is 1.96 bits per heavy atom. The maximum Gasteiger partial charge on any atom is 0.290 e. The Labute approximate surface area is 133 Å². The summed E-state index contributed by atoms with van der Waals surface area (Å²) in [4.78, 5) is 26.2. The lowest BCUT2D eigenvalue weighted by Gasteiger charge is -2.25. The lowest BCUT2D eigenvalue weighted by atomic mass is 9.95. The van der Waals surface area contributed by atoms with Crippen molar-refractivity contribution in [2.45, 2.75) is 25.9 Å². The van der Waals surface area contributed by atoms with Gasteiger partial charge >= 0.3 is 0 Å². The predicted molar refractivity (Wildman–Crippen MR) is 83.4 cm³/mol. The molecule has 0 bridgehead atoms. The summed E-state index contributed by atoms with van der Waals surface area (Å²) in [6, 6.07) is 12.1. The summed E-state index contributed by atoms with van der Waals surface area (Å²) in [5.74, 6) is -0.645. The number of ketones is 1. The summed E-state index contributed by atoms with van der Waals surface area (Å²) in [6.45, 7) is 1.90. The monoisotopic (exact) mass is 311 g/mol. The van der Waals surface area contributed by atoms with E-state index in [9.17, 15) is 14.7 Å². The Morgan fingerprint density at radius 1 is 1.22 bits per heavy atom. The zero-order valence-corrected chi connectivity index (χ0v) is 12.7. The average molecular weight is 311 g/mol. The molecule has 1 atom stereocenters. The van der Waals surface area contributed by atoms with Crippen molar-refractivity contribution in [3.8, 4) is 0 Å². The van der Waals surface area contributed by atoms with Gasteiger partial charge in [-0.3, -0.25) is 9.59 Å². The molecule has 0 saturated carbocycles. The van der Waals surface area contributed by atoms with Gasteiger partial charge in [-0.05, 0) is 17.7 Å². The number of hydrogen-bond acceptors (Lipinski definition) is 4. The van der Waals surface area contributed by atoms with Crippen LogP contribution in [0.5, 0.6) is 0 Å². The van der Waals surface area contributed by atoms with Crippen LogP contribution in [-0.2, 0) is 16.1 Å². The molecule has 23 heavy (non-hydrogen) atoms. The van der Waals surface area contributed by atoms with Crippen molar-refractivity contribution >= 4 is 11.7 Å². The number of rotatable bonds is 5. The maximum atomic E-state index is 12.5. The van der Waals surface area contributed by atoms with Crippen LogP contribution < -0.4 is 0 Å². The molecule has 1 aliphatic rings. The highest BCUT2D eigenvalue weighted by atomic mass is 16.3. The Hall–Kier alpha value is -2.82. The third-order valence-electron chi connectivity index (χ3n) is 3.95. The predicted octanol–water partition coefficient (Wildman–Crippen LogP) is 3.15. The number of furan rings is 1. The number of carbonyl (C=O) groups excluding carboxylic acids is 2. The first-order valence-electron chi connectivity index (χ1n) is 7.48. The highest BCUT2D eigenvalue weighted by molar-refractivity contribution is 6.08. The van der Waals surface area contributed by atoms with Crippen LogP contribution in [0.4, 0.5) is 0 Å². The van der Waals surface area contributed by atoms with Crippen molar-refractivity contribution in [2.24, 2.45) is 0 Å². The van der Waals surface area contributed by atoms with Gasteiger partial charge in [-0.1, -0.05) is 37.3 Å². The molecule has 2 aromatic rings. The third-order valence-corrected chi connectivity index (χ3v) is 3.95. The van der Waals surface area contributed by atoms with Gasteiger partial charge in [-0.25, -0.2) is 0 Å². The maximum absolute atomic E-state index is 12.5. The summed E-state index contributed by atoms with van der Waals surface area (Å²) in [5, 5.41) is 10.2. The Morgan fingerprint density at radius 3 is 2.57 bits per heavy atom. The van der Waals surface area contributed by atoms with E-state index in [1.165, 1.54) is 11.2 Å². The Bertz CT molecular complexity index is 747. The summed E-state index contributed by atoms with van der Waals surface area (Å²) in [5.41, 5.74) is 0.948. The quantitative estimate of drug-likeness (QED) is 0.921. The zero-order chi connectivity index (χ0) is 16.4. The minimum absolute atomic E-state index is 0.162. The fourth-order valence-corrected chi connectivity index (χ4v) is 2.84. The molecular formula is C18H17NO4. The van der Waals surface area contributed by atoms with Crippen LogP contribution in [0.1, 0.15) is 30.7 Å². The van der Waals surface area contributed by atoms with E-state index in [1.54, 1.807) is 19.1 Å². The second-order valence-electron chi connectivity index (χ2n) is 5.36. The molecule has 1 aromatic heterocycles. The van der Waals surface area contributed by atoms with Crippen molar-refractivity contribution in [1.82, 2.24) is 4.90 Å². The Balaban J connectivity index is 2.05. The lowest BCUT2D eigenvalue weighted by molar-refractivity contribution is -0.130. The van der Waals surface area contributed by atoms with Crippen LogP contribution >= 0.6 is 0 Å². The van der Waals surface area contributed by atoms with E-state index in [0.717, 1.165) is 5.56 Å². The van der Waals surface area contributed by atoms with Crippen molar-refractivity contribution < 1.29 is 19.1 Å². The topological polar surface area (TPSA) is 70.8 Å². The molecule has 5 heteroatoms. The van der Waals surface area contributed by atoms with Gasteiger partial charge in [-0.15, -0.1) is 0 Å². The standard InChI is InChI=1S/C18H17NO4/c1-2-14(20)15-16(12-7-4-3-5-8-12)19(18(22)17(15)21)11-13-9-6-10-23-13/h3-10,16,21H,2,11H2,1H3. The first-order chi connectivity index (χ1) is 11.1. The molecule has 1 aromatic carbocycles. The van der Waals surface area contributed by atoms with Crippen LogP contribution in [-0.4, -0.2) is 21.7 Å². The van der Waals surface area contributed by atoms with Gasteiger partial charge in [0.2, 0.25) is 0 Å². The first kappa shape index (κ1) is 15.1. The van der Waals surface area contributed by atoms with Gasteiger partial charge < -0.3 is 14.4 Å². The smallest absolute Gasteiger partial charge is 0.290 e. The second-order valence-corrected chi connectivity index (χ2v) is 5.36. The molecule has 1 unspecified atom stereocenters. The molecule has 0 aliphatic carbocycles. The van der Waals surface area contributed by atoms with Gasteiger partial charge in [0.15, 0.2) is 11.5 Å². The molecular weight excluding hydrogens is 294 g/mol. The number of nitrogens with zero attached hydrogens (tertiary/aromatic N) is 1. The number of benzene rings is 1. The molecule has 1 N–H and O–H groups in total. The fourth-order valence-electron chi connectivity index (χ4n) is 2.84. The SMILES string of the molecule is CCC(=O)C1=C(O)C(=O)N(Cc2ccco2)C1c1ccccc1. The number of aliphatic hydroxyl groups is 1. The minimum atomic E-state index is -0.596. The van der Waals surface area contributed by atoms with E-state index in [-0.39, 0.29) is 24.3 Å². The lowest BCUT2D eigenvalue weighted by Crippen LogP contribution is -2.30. The molecule has 0 spiro atoms. The summed E-state index contributed by atoms with van der Waals surface area (Å²) in [6.07, 6.45) is 1.75. The van der Waals surface area contributed by atoms with Gasteiger partial charge in [0.05, 0.1) is 24.4 Å². The molecule has 0 saturated heterocycles. The molecule has 118 valence electrons. The van der Waals surface area contributed by atoms with E-state index in [0.29, 0.717) is 5.76 Å². The summed E-state index contributed by atoms with van der Waals surface area (Å²) in [7, 11) is 0. The van der Waals surface area contributed by atoms with E-state index >= 15 is 0 Å².